The summed E-state index contributed by atoms with van der Waals surface area (Å²) in [4.78, 5) is 0. The van der Waals surface area contributed by atoms with Crippen molar-refractivity contribution in [3.63, 3.8) is 0 Å². The standard InChI is InChI=1S/C10H7BrF3N3/c11-5-7-1-3-8(4-2-7)17-6-9(15-16-17)10(12,13)14/h1-4,6H,5H2. The van der Waals surface area contributed by atoms with Crippen molar-refractivity contribution in [3.05, 3.63) is 41.7 Å². The highest BCUT2D eigenvalue weighted by Crippen LogP contribution is 2.27. The Labute approximate surface area is 103 Å². The third-order valence-corrected chi connectivity index (χ3v) is 2.79. The number of benzene rings is 1. The van der Waals surface area contributed by atoms with Crippen molar-refractivity contribution < 1.29 is 13.2 Å². The molecule has 2 aromatic rings. The van der Waals surface area contributed by atoms with E-state index >= 15 is 0 Å². The van der Waals surface area contributed by atoms with Crippen LogP contribution in [0.4, 0.5) is 13.2 Å². The van der Waals surface area contributed by atoms with E-state index in [4.69, 9.17) is 0 Å². The lowest BCUT2D eigenvalue weighted by Crippen LogP contribution is -2.04. The Kier molecular flexibility index (Phi) is 3.19. The fourth-order valence-corrected chi connectivity index (χ4v) is 1.63. The molecule has 0 N–H and O–H groups in total. The van der Waals surface area contributed by atoms with Crippen LogP contribution in [0, 0.1) is 0 Å². The van der Waals surface area contributed by atoms with Crippen LogP contribution in [-0.2, 0) is 11.5 Å². The molecule has 0 aliphatic rings. The van der Waals surface area contributed by atoms with Crippen molar-refractivity contribution in [2.45, 2.75) is 11.5 Å². The molecule has 0 aliphatic carbocycles. The van der Waals surface area contributed by atoms with E-state index in [2.05, 4.69) is 26.2 Å². The van der Waals surface area contributed by atoms with Gasteiger partial charge in [-0.15, -0.1) is 5.10 Å². The van der Waals surface area contributed by atoms with Gasteiger partial charge in [-0.05, 0) is 17.7 Å². The van der Waals surface area contributed by atoms with Crippen molar-refractivity contribution in [1.29, 1.82) is 0 Å². The highest BCUT2D eigenvalue weighted by molar-refractivity contribution is 9.08. The summed E-state index contributed by atoms with van der Waals surface area (Å²) in [5.41, 5.74) is 0.574. The molecule has 0 amide bonds. The molecule has 0 spiro atoms. The fraction of sp³-hybridized carbons (Fsp3) is 0.200. The van der Waals surface area contributed by atoms with Crippen molar-refractivity contribution in [2.75, 3.05) is 0 Å². The number of nitrogens with zero attached hydrogens (tertiary/aromatic N) is 3. The highest BCUT2D eigenvalue weighted by Gasteiger charge is 2.34. The fourth-order valence-electron chi connectivity index (χ4n) is 1.26. The number of halogens is 4. The smallest absolute Gasteiger partial charge is 0.220 e. The van der Waals surface area contributed by atoms with Crippen molar-refractivity contribution in [2.24, 2.45) is 0 Å². The van der Waals surface area contributed by atoms with Gasteiger partial charge in [-0.25, -0.2) is 4.68 Å². The maximum absolute atomic E-state index is 12.3. The summed E-state index contributed by atoms with van der Waals surface area (Å²) in [6, 6.07) is 6.98. The molecule has 0 bridgehead atoms. The first-order valence-corrected chi connectivity index (χ1v) is 5.77. The lowest BCUT2D eigenvalue weighted by molar-refractivity contribution is -0.141. The lowest BCUT2D eigenvalue weighted by Gasteiger charge is -2.01. The predicted octanol–water partition coefficient (Wildman–Crippen LogP) is 3.18. The van der Waals surface area contributed by atoms with Gasteiger partial charge in [0.05, 0.1) is 11.9 Å². The van der Waals surface area contributed by atoms with Gasteiger partial charge in [0.25, 0.3) is 0 Å². The predicted molar refractivity (Wildman–Crippen MR) is 59.0 cm³/mol. The number of hydrogen-bond donors (Lipinski definition) is 0. The zero-order chi connectivity index (χ0) is 12.5. The number of alkyl halides is 4. The monoisotopic (exact) mass is 305 g/mol. The Hall–Kier alpha value is -1.37. The molecule has 0 saturated carbocycles. The summed E-state index contributed by atoms with van der Waals surface area (Å²) in [6.45, 7) is 0. The van der Waals surface area contributed by atoms with E-state index in [0.717, 1.165) is 16.4 Å². The molecule has 0 fully saturated rings. The Morgan fingerprint density at radius 3 is 2.29 bits per heavy atom. The largest absolute Gasteiger partial charge is 0.436 e. The molecule has 0 radical (unpaired) electrons. The van der Waals surface area contributed by atoms with E-state index in [1.807, 2.05) is 0 Å². The molecule has 1 aromatic carbocycles. The van der Waals surface area contributed by atoms with Gasteiger partial charge in [0, 0.05) is 5.33 Å². The zero-order valence-electron chi connectivity index (χ0n) is 8.45. The Morgan fingerprint density at radius 2 is 1.82 bits per heavy atom. The van der Waals surface area contributed by atoms with Gasteiger partial charge < -0.3 is 0 Å². The quantitative estimate of drug-likeness (QED) is 0.798. The van der Waals surface area contributed by atoms with Crippen LogP contribution in [0.15, 0.2) is 30.5 Å². The Morgan fingerprint density at radius 1 is 1.18 bits per heavy atom. The van der Waals surface area contributed by atoms with Crippen molar-refractivity contribution in [1.82, 2.24) is 15.0 Å². The van der Waals surface area contributed by atoms with Gasteiger partial charge >= 0.3 is 6.18 Å². The summed E-state index contributed by atoms with van der Waals surface area (Å²) in [7, 11) is 0. The van der Waals surface area contributed by atoms with Gasteiger partial charge in [0.2, 0.25) is 0 Å². The molecule has 90 valence electrons. The SMILES string of the molecule is FC(F)(F)c1cn(-c2ccc(CBr)cc2)nn1. The lowest BCUT2D eigenvalue weighted by atomic mass is 10.2. The molecular weight excluding hydrogens is 299 g/mol. The molecule has 0 atom stereocenters. The van der Waals surface area contributed by atoms with E-state index in [1.165, 1.54) is 0 Å². The molecule has 3 nitrogen and oxygen atoms in total. The van der Waals surface area contributed by atoms with Crippen LogP contribution in [0.2, 0.25) is 0 Å². The van der Waals surface area contributed by atoms with Crippen LogP contribution in [0.3, 0.4) is 0 Å². The van der Waals surface area contributed by atoms with E-state index < -0.39 is 11.9 Å². The second kappa shape index (κ2) is 4.48. The first-order valence-electron chi connectivity index (χ1n) is 4.65. The highest BCUT2D eigenvalue weighted by atomic mass is 79.9. The Bertz CT molecular complexity index is 504. The van der Waals surface area contributed by atoms with Crippen molar-refractivity contribution in [3.8, 4) is 5.69 Å². The van der Waals surface area contributed by atoms with Crippen LogP contribution >= 0.6 is 15.9 Å². The normalized spacial score (nSPS) is 11.8. The molecule has 1 heterocycles. The number of aromatic nitrogens is 3. The van der Waals surface area contributed by atoms with Crippen molar-refractivity contribution >= 4 is 15.9 Å². The van der Waals surface area contributed by atoms with Gasteiger partial charge in [-0.3, -0.25) is 0 Å². The minimum atomic E-state index is -4.46. The molecule has 0 aliphatic heterocycles. The minimum absolute atomic E-state index is 0.540. The topological polar surface area (TPSA) is 30.7 Å². The molecule has 7 heteroatoms. The third kappa shape index (κ3) is 2.66. The first kappa shape index (κ1) is 12.1. The van der Waals surface area contributed by atoms with E-state index in [-0.39, 0.29) is 0 Å². The van der Waals surface area contributed by atoms with Crippen LogP contribution in [-0.4, -0.2) is 15.0 Å². The molecule has 17 heavy (non-hydrogen) atoms. The number of rotatable bonds is 2. The average Bonchev–Trinajstić information content (AvgIpc) is 2.78. The van der Waals surface area contributed by atoms with Gasteiger partial charge in [0.1, 0.15) is 0 Å². The summed E-state index contributed by atoms with van der Waals surface area (Å²) < 4.78 is 38.0. The second-order valence-corrected chi connectivity index (χ2v) is 3.91. The third-order valence-electron chi connectivity index (χ3n) is 2.14. The zero-order valence-corrected chi connectivity index (χ0v) is 10.0. The Balaban J connectivity index is 2.30. The minimum Gasteiger partial charge on any atom is -0.220 e. The second-order valence-electron chi connectivity index (χ2n) is 3.35. The summed E-state index contributed by atoms with van der Waals surface area (Å²) >= 11 is 3.28. The van der Waals surface area contributed by atoms with Crippen LogP contribution in [0.1, 0.15) is 11.3 Å². The summed E-state index contributed by atoms with van der Waals surface area (Å²) in [5.74, 6) is 0. The average molecular weight is 306 g/mol. The molecule has 1 aromatic heterocycles. The number of hydrogen-bond acceptors (Lipinski definition) is 2. The first-order chi connectivity index (χ1) is 8.00. The van der Waals surface area contributed by atoms with E-state index in [1.54, 1.807) is 24.3 Å². The molecule has 2 rings (SSSR count). The van der Waals surface area contributed by atoms with E-state index in [9.17, 15) is 13.2 Å². The maximum atomic E-state index is 12.3. The maximum Gasteiger partial charge on any atom is 0.436 e. The van der Waals surface area contributed by atoms with Crippen LogP contribution in [0.25, 0.3) is 5.69 Å². The van der Waals surface area contributed by atoms with Gasteiger partial charge in [-0.1, -0.05) is 33.3 Å². The summed E-state index contributed by atoms with van der Waals surface area (Å²) in [6.07, 6.45) is -3.60. The van der Waals surface area contributed by atoms with Gasteiger partial charge in [-0.2, -0.15) is 13.2 Å². The molecule has 0 unspecified atom stereocenters. The molecular formula is C10H7BrF3N3. The van der Waals surface area contributed by atoms with E-state index in [0.29, 0.717) is 11.0 Å². The summed E-state index contributed by atoms with van der Waals surface area (Å²) in [5, 5.41) is 7.22. The van der Waals surface area contributed by atoms with Crippen LogP contribution < -0.4 is 0 Å². The molecule has 0 saturated heterocycles. The van der Waals surface area contributed by atoms with Crippen LogP contribution in [0.5, 0.6) is 0 Å². The van der Waals surface area contributed by atoms with Gasteiger partial charge in [0.15, 0.2) is 5.69 Å².